The van der Waals surface area contributed by atoms with Crippen LogP contribution in [-0.4, -0.2) is 11.7 Å². The quantitative estimate of drug-likeness (QED) is 0.553. The largest absolute Gasteiger partial charge is 0.293 e. The van der Waals surface area contributed by atoms with E-state index in [4.69, 9.17) is 16.9 Å². The van der Waals surface area contributed by atoms with Crippen molar-refractivity contribution in [2.75, 3.05) is 5.88 Å². The van der Waals surface area contributed by atoms with Gasteiger partial charge < -0.3 is 0 Å². The number of nitriles is 1. The summed E-state index contributed by atoms with van der Waals surface area (Å²) in [6, 6.07) is 5.48. The van der Waals surface area contributed by atoms with Gasteiger partial charge >= 0.3 is 0 Å². The summed E-state index contributed by atoms with van der Waals surface area (Å²) in [5.74, 6) is -0.185. The maximum Gasteiger partial charge on any atom is 0.177 e. The van der Waals surface area contributed by atoms with Gasteiger partial charge in [-0.1, -0.05) is 6.07 Å². The van der Waals surface area contributed by atoms with Gasteiger partial charge in [-0.25, -0.2) is 0 Å². The number of benzene rings is 1. The molecule has 1 rings (SSSR count). The summed E-state index contributed by atoms with van der Waals surface area (Å²) in [6.45, 7) is 3.69. The van der Waals surface area contributed by atoms with Crippen LogP contribution >= 0.6 is 11.6 Å². The van der Waals surface area contributed by atoms with E-state index in [1.807, 2.05) is 26.0 Å². The van der Waals surface area contributed by atoms with E-state index in [1.54, 1.807) is 6.07 Å². The first-order chi connectivity index (χ1) is 6.60. The van der Waals surface area contributed by atoms with Crippen LogP contribution in [0.25, 0.3) is 0 Å². The van der Waals surface area contributed by atoms with Crippen molar-refractivity contribution in [3.8, 4) is 6.07 Å². The molecule has 0 spiro atoms. The van der Waals surface area contributed by atoms with E-state index in [9.17, 15) is 4.79 Å². The molecule has 0 aliphatic heterocycles. The number of ketones is 1. The van der Waals surface area contributed by atoms with Crippen LogP contribution < -0.4 is 0 Å². The molecular formula is C11H10ClNO. The molecule has 72 valence electrons. The smallest absolute Gasteiger partial charge is 0.177 e. The first kappa shape index (κ1) is 10.7. The number of aryl methyl sites for hydroxylation is 2. The van der Waals surface area contributed by atoms with Crippen molar-refractivity contribution in [3.63, 3.8) is 0 Å². The van der Waals surface area contributed by atoms with Crippen LogP contribution in [-0.2, 0) is 0 Å². The molecule has 0 bridgehead atoms. The van der Waals surface area contributed by atoms with E-state index in [-0.39, 0.29) is 11.7 Å². The first-order valence-electron chi connectivity index (χ1n) is 4.20. The van der Waals surface area contributed by atoms with Crippen molar-refractivity contribution in [1.82, 2.24) is 0 Å². The number of alkyl halides is 1. The Labute approximate surface area is 88.1 Å². The fourth-order valence-electron chi connectivity index (χ4n) is 1.35. The number of nitrogens with zero attached hydrogens (tertiary/aromatic N) is 1. The topological polar surface area (TPSA) is 40.9 Å². The molecule has 0 atom stereocenters. The van der Waals surface area contributed by atoms with Crippen LogP contribution in [0.2, 0.25) is 0 Å². The van der Waals surface area contributed by atoms with E-state index in [1.165, 1.54) is 0 Å². The summed E-state index contributed by atoms with van der Waals surface area (Å²) in [6.07, 6.45) is 0. The third kappa shape index (κ3) is 1.94. The fraction of sp³-hybridized carbons (Fsp3) is 0.273. The van der Waals surface area contributed by atoms with Crippen LogP contribution in [0.1, 0.15) is 27.0 Å². The summed E-state index contributed by atoms with van der Waals surface area (Å²) in [5, 5.41) is 8.79. The summed E-state index contributed by atoms with van der Waals surface area (Å²) >= 11 is 5.46. The molecule has 0 amide bonds. The molecule has 0 N–H and O–H groups in total. The standard InChI is InChI=1S/C11H10ClNO/c1-7-3-8(2)10(11(14)5-12)4-9(7)6-13/h3-4H,5H2,1-2H3. The van der Waals surface area contributed by atoms with E-state index in [0.29, 0.717) is 11.1 Å². The minimum atomic E-state index is -0.138. The van der Waals surface area contributed by atoms with E-state index in [0.717, 1.165) is 11.1 Å². The van der Waals surface area contributed by atoms with E-state index in [2.05, 4.69) is 0 Å². The molecule has 0 aliphatic carbocycles. The molecule has 2 nitrogen and oxygen atoms in total. The van der Waals surface area contributed by atoms with Crippen LogP contribution in [0.15, 0.2) is 12.1 Å². The number of carbonyl (C=O) groups is 1. The van der Waals surface area contributed by atoms with Gasteiger partial charge in [0.15, 0.2) is 5.78 Å². The second-order valence-corrected chi connectivity index (χ2v) is 3.42. The summed E-state index contributed by atoms with van der Waals surface area (Å²) in [7, 11) is 0. The average molecular weight is 208 g/mol. The second kappa shape index (κ2) is 4.26. The number of hydrogen-bond acceptors (Lipinski definition) is 2. The van der Waals surface area contributed by atoms with Crippen molar-refractivity contribution in [3.05, 3.63) is 34.4 Å². The zero-order valence-corrected chi connectivity index (χ0v) is 8.85. The predicted octanol–water partition coefficient (Wildman–Crippen LogP) is 2.60. The lowest BCUT2D eigenvalue weighted by Gasteiger charge is -2.05. The molecule has 0 unspecified atom stereocenters. The SMILES string of the molecule is Cc1cc(C)c(C(=O)CCl)cc1C#N. The highest BCUT2D eigenvalue weighted by Crippen LogP contribution is 2.16. The van der Waals surface area contributed by atoms with Crippen LogP contribution in [0, 0.1) is 25.2 Å². The van der Waals surface area contributed by atoms with Crippen LogP contribution in [0.5, 0.6) is 0 Å². The molecular weight excluding hydrogens is 198 g/mol. The van der Waals surface area contributed by atoms with Crippen LogP contribution in [0.4, 0.5) is 0 Å². The van der Waals surface area contributed by atoms with Gasteiger partial charge in [0, 0.05) is 5.56 Å². The molecule has 1 aromatic rings. The first-order valence-corrected chi connectivity index (χ1v) is 4.74. The maximum atomic E-state index is 11.4. The van der Waals surface area contributed by atoms with Gasteiger partial charge in [-0.3, -0.25) is 4.79 Å². The average Bonchev–Trinajstić information content (AvgIpc) is 2.17. The minimum Gasteiger partial charge on any atom is -0.293 e. The van der Waals surface area contributed by atoms with Gasteiger partial charge in [-0.05, 0) is 31.0 Å². The molecule has 0 aromatic heterocycles. The molecule has 0 saturated carbocycles. The Balaban J connectivity index is 3.33. The highest BCUT2D eigenvalue weighted by atomic mass is 35.5. The molecule has 0 saturated heterocycles. The van der Waals surface area contributed by atoms with Gasteiger partial charge in [0.2, 0.25) is 0 Å². The normalized spacial score (nSPS) is 9.57. The number of rotatable bonds is 2. The van der Waals surface area contributed by atoms with Gasteiger partial charge in [0.1, 0.15) is 0 Å². The van der Waals surface area contributed by atoms with Crippen molar-refractivity contribution in [1.29, 1.82) is 5.26 Å². The Hall–Kier alpha value is -1.33. The van der Waals surface area contributed by atoms with Crippen molar-refractivity contribution in [2.24, 2.45) is 0 Å². The third-order valence-corrected chi connectivity index (χ3v) is 2.36. The van der Waals surface area contributed by atoms with E-state index < -0.39 is 0 Å². The highest BCUT2D eigenvalue weighted by molar-refractivity contribution is 6.30. The third-order valence-electron chi connectivity index (χ3n) is 2.11. The van der Waals surface area contributed by atoms with Gasteiger partial charge in [-0.15, -0.1) is 11.6 Å². The number of hydrogen-bond donors (Lipinski definition) is 0. The Kier molecular flexibility index (Phi) is 3.27. The lowest BCUT2D eigenvalue weighted by Crippen LogP contribution is -2.04. The molecule has 0 aliphatic rings. The van der Waals surface area contributed by atoms with Gasteiger partial charge in [0.25, 0.3) is 0 Å². The fourth-order valence-corrected chi connectivity index (χ4v) is 1.49. The Morgan fingerprint density at radius 1 is 1.43 bits per heavy atom. The number of carbonyl (C=O) groups excluding carboxylic acids is 1. The summed E-state index contributed by atoms with van der Waals surface area (Å²) in [4.78, 5) is 11.4. The number of halogens is 1. The van der Waals surface area contributed by atoms with Crippen molar-refractivity contribution in [2.45, 2.75) is 13.8 Å². The Bertz CT molecular complexity index is 418. The monoisotopic (exact) mass is 207 g/mol. The molecule has 0 radical (unpaired) electrons. The van der Waals surface area contributed by atoms with Crippen LogP contribution in [0.3, 0.4) is 0 Å². The van der Waals surface area contributed by atoms with Crippen molar-refractivity contribution >= 4 is 17.4 Å². The van der Waals surface area contributed by atoms with Gasteiger partial charge in [0.05, 0.1) is 17.5 Å². The maximum absolute atomic E-state index is 11.4. The molecule has 1 aromatic carbocycles. The Morgan fingerprint density at radius 3 is 2.57 bits per heavy atom. The molecule has 14 heavy (non-hydrogen) atoms. The molecule has 0 fully saturated rings. The lowest BCUT2D eigenvalue weighted by atomic mass is 9.98. The van der Waals surface area contributed by atoms with E-state index >= 15 is 0 Å². The summed E-state index contributed by atoms with van der Waals surface area (Å²) < 4.78 is 0. The second-order valence-electron chi connectivity index (χ2n) is 3.15. The lowest BCUT2D eigenvalue weighted by molar-refractivity contribution is 0.102. The molecule has 3 heteroatoms. The zero-order chi connectivity index (χ0) is 10.7. The van der Waals surface area contributed by atoms with Crippen molar-refractivity contribution < 1.29 is 4.79 Å². The zero-order valence-electron chi connectivity index (χ0n) is 8.10. The highest BCUT2D eigenvalue weighted by Gasteiger charge is 2.10. The van der Waals surface area contributed by atoms with Gasteiger partial charge in [-0.2, -0.15) is 5.26 Å². The molecule has 0 heterocycles. The Morgan fingerprint density at radius 2 is 2.07 bits per heavy atom. The summed E-state index contributed by atoms with van der Waals surface area (Å²) in [5.41, 5.74) is 2.83. The number of Topliss-reactive ketones (excluding diaryl/α,β-unsaturated/α-hetero) is 1. The minimum absolute atomic E-state index is 0.0469. The predicted molar refractivity (Wildman–Crippen MR) is 55.7 cm³/mol.